The molecule has 2 amide bonds. The normalized spacial score (nSPS) is 30.8. The molecular weight excluding hydrogens is 564 g/mol. The van der Waals surface area contributed by atoms with Gasteiger partial charge in [-0.05, 0) is 44.1 Å². The molecule has 1 aromatic rings. The molecule has 3 aliphatic heterocycles. The van der Waals surface area contributed by atoms with E-state index in [1.807, 2.05) is 44.2 Å². The predicted molar refractivity (Wildman–Crippen MR) is 151 cm³/mol. The lowest BCUT2D eigenvalue weighted by molar-refractivity contribution is -0.156. The Bertz CT molecular complexity index is 1120. The molecule has 0 aromatic heterocycles. The monoisotopic (exact) mass is 604 g/mol. The van der Waals surface area contributed by atoms with Gasteiger partial charge in [0.25, 0.3) is 0 Å². The zero-order valence-corrected chi connectivity index (χ0v) is 25.1. The Morgan fingerprint density at radius 3 is 2.44 bits per heavy atom. The number of carbonyl (C=O) groups is 3. The van der Waals surface area contributed by atoms with Gasteiger partial charge < -0.3 is 24.7 Å². The Labute approximate surface area is 239 Å². The van der Waals surface area contributed by atoms with Crippen LogP contribution in [0, 0.1) is 17.3 Å². The SMILES string of the molecule is C=CCN(C(=O)C1N([C@@H](CO)Cc2ccccc2)C(=O)[C@@H]2[C@@H](C(=O)O)[C@@H]3OC12CC3Br)C(C)(C)CC(C)(C)C. The van der Waals surface area contributed by atoms with E-state index in [0.717, 1.165) is 5.56 Å². The van der Waals surface area contributed by atoms with Crippen molar-refractivity contribution in [3.8, 4) is 0 Å². The molecule has 7 atom stereocenters. The average molecular weight is 606 g/mol. The largest absolute Gasteiger partial charge is 0.481 e. The lowest BCUT2D eigenvalue weighted by Gasteiger charge is -2.46. The van der Waals surface area contributed by atoms with Crippen LogP contribution in [-0.4, -0.2) is 85.1 Å². The minimum Gasteiger partial charge on any atom is -0.481 e. The summed E-state index contributed by atoms with van der Waals surface area (Å²) in [6.07, 6.45) is 2.29. The van der Waals surface area contributed by atoms with Crippen molar-refractivity contribution < 1.29 is 29.3 Å². The number of hydrogen-bond donors (Lipinski definition) is 2. The summed E-state index contributed by atoms with van der Waals surface area (Å²) in [6, 6.07) is 7.66. The number of aliphatic carboxylic acids is 1. The molecule has 3 heterocycles. The summed E-state index contributed by atoms with van der Waals surface area (Å²) in [5.74, 6) is -3.95. The van der Waals surface area contributed by atoms with E-state index in [4.69, 9.17) is 4.74 Å². The molecule has 9 heteroatoms. The first-order chi connectivity index (χ1) is 18.2. The fourth-order valence-corrected chi connectivity index (χ4v) is 8.41. The number of nitrogens with zero attached hydrogens (tertiary/aromatic N) is 2. The number of likely N-dealkylation sites (tertiary alicyclic amines) is 1. The van der Waals surface area contributed by atoms with Crippen LogP contribution in [0.25, 0.3) is 0 Å². The summed E-state index contributed by atoms with van der Waals surface area (Å²) in [7, 11) is 0. The van der Waals surface area contributed by atoms with Crippen LogP contribution in [-0.2, 0) is 25.5 Å². The molecule has 1 spiro atoms. The number of halogens is 1. The van der Waals surface area contributed by atoms with Gasteiger partial charge in [-0.2, -0.15) is 0 Å². The highest BCUT2D eigenvalue weighted by Gasteiger charge is 2.77. The maximum Gasteiger partial charge on any atom is 0.310 e. The molecule has 0 saturated carbocycles. The highest BCUT2D eigenvalue weighted by atomic mass is 79.9. The fourth-order valence-electron chi connectivity index (χ4n) is 7.46. The highest BCUT2D eigenvalue weighted by molar-refractivity contribution is 9.09. The van der Waals surface area contributed by atoms with Gasteiger partial charge in [0, 0.05) is 16.9 Å². The third-order valence-electron chi connectivity index (χ3n) is 8.44. The molecule has 39 heavy (non-hydrogen) atoms. The Kier molecular flexibility index (Phi) is 8.11. The van der Waals surface area contributed by atoms with Gasteiger partial charge in [-0.25, -0.2) is 0 Å². The third-order valence-corrected chi connectivity index (χ3v) is 9.28. The number of carboxylic acid groups (broad SMARTS) is 1. The lowest BCUT2D eigenvalue weighted by atomic mass is 9.70. The highest BCUT2D eigenvalue weighted by Crippen LogP contribution is 2.60. The van der Waals surface area contributed by atoms with Crippen molar-refractivity contribution in [1.29, 1.82) is 0 Å². The van der Waals surface area contributed by atoms with Gasteiger partial charge in [-0.3, -0.25) is 14.4 Å². The van der Waals surface area contributed by atoms with E-state index in [9.17, 15) is 24.6 Å². The fraction of sp³-hybridized carbons (Fsp3) is 0.633. The first-order valence-electron chi connectivity index (χ1n) is 13.6. The second-order valence-electron chi connectivity index (χ2n) is 13.1. The molecule has 3 unspecified atom stereocenters. The molecule has 1 aromatic carbocycles. The topological polar surface area (TPSA) is 107 Å². The molecule has 2 N–H and O–H groups in total. The zero-order valence-electron chi connectivity index (χ0n) is 23.5. The smallest absolute Gasteiger partial charge is 0.310 e. The van der Waals surface area contributed by atoms with Crippen molar-refractivity contribution in [3.05, 3.63) is 48.6 Å². The van der Waals surface area contributed by atoms with Crippen molar-refractivity contribution in [2.24, 2.45) is 17.3 Å². The Morgan fingerprint density at radius 2 is 1.90 bits per heavy atom. The summed E-state index contributed by atoms with van der Waals surface area (Å²) >= 11 is 3.60. The Balaban J connectivity index is 1.84. The number of amides is 2. The van der Waals surface area contributed by atoms with Gasteiger partial charge in [-0.15, -0.1) is 6.58 Å². The molecule has 0 aliphatic carbocycles. The maximum absolute atomic E-state index is 14.8. The summed E-state index contributed by atoms with van der Waals surface area (Å²) < 4.78 is 6.45. The van der Waals surface area contributed by atoms with Gasteiger partial charge in [0.2, 0.25) is 11.8 Å². The molecule has 3 fully saturated rings. The maximum atomic E-state index is 14.8. The Hall–Kier alpha value is -2.23. The molecule has 3 saturated heterocycles. The number of fused-ring (bicyclic) bond motifs is 1. The summed E-state index contributed by atoms with van der Waals surface area (Å²) in [6.45, 7) is 14.1. The number of rotatable bonds is 10. The number of alkyl halides is 1. The number of carbonyl (C=O) groups excluding carboxylic acids is 2. The second kappa shape index (κ2) is 10.6. The van der Waals surface area contributed by atoms with Crippen molar-refractivity contribution >= 4 is 33.7 Å². The molecule has 4 rings (SSSR count). The minimum atomic E-state index is -1.31. The minimum absolute atomic E-state index is 0.0895. The molecule has 214 valence electrons. The van der Waals surface area contributed by atoms with Crippen LogP contribution in [0.4, 0.5) is 0 Å². The van der Waals surface area contributed by atoms with Crippen LogP contribution in [0.15, 0.2) is 43.0 Å². The zero-order chi connectivity index (χ0) is 28.9. The van der Waals surface area contributed by atoms with E-state index in [1.165, 1.54) is 4.90 Å². The van der Waals surface area contributed by atoms with Crippen LogP contribution in [0.1, 0.15) is 53.0 Å². The second-order valence-corrected chi connectivity index (χ2v) is 14.2. The van der Waals surface area contributed by atoms with E-state index in [1.54, 1.807) is 11.0 Å². The standard InChI is InChI=1S/C30H41BrN2O6/c1-7-13-32(29(5,6)17-28(2,3)4)26(36)24-30-15-20(31)23(39-30)21(27(37)38)22(30)25(35)33(24)19(16-34)14-18-11-9-8-10-12-18/h7-12,19-24,34H,1,13-17H2,2-6H3,(H,37,38)/t19-,20?,21-,22+,23-,24?,30?/m1/s1. The number of hydrogen-bond acceptors (Lipinski definition) is 5. The van der Waals surface area contributed by atoms with Crippen molar-refractivity contribution in [3.63, 3.8) is 0 Å². The van der Waals surface area contributed by atoms with E-state index in [-0.39, 0.29) is 29.3 Å². The van der Waals surface area contributed by atoms with Crippen LogP contribution in [0.5, 0.6) is 0 Å². The van der Waals surface area contributed by atoms with E-state index < -0.39 is 53.0 Å². The number of benzene rings is 1. The molecule has 3 aliphatic rings. The molecule has 0 radical (unpaired) electrons. The van der Waals surface area contributed by atoms with Gasteiger partial charge in [-0.1, -0.05) is 73.1 Å². The van der Waals surface area contributed by atoms with Gasteiger partial charge in [0.15, 0.2) is 0 Å². The van der Waals surface area contributed by atoms with Crippen molar-refractivity contribution in [2.75, 3.05) is 13.2 Å². The Morgan fingerprint density at radius 1 is 1.26 bits per heavy atom. The van der Waals surface area contributed by atoms with Crippen LogP contribution >= 0.6 is 15.9 Å². The van der Waals surface area contributed by atoms with E-state index in [2.05, 4.69) is 43.3 Å². The van der Waals surface area contributed by atoms with Gasteiger partial charge in [0.05, 0.1) is 30.6 Å². The number of ether oxygens (including phenoxy) is 1. The van der Waals surface area contributed by atoms with E-state index >= 15 is 0 Å². The van der Waals surface area contributed by atoms with Crippen molar-refractivity contribution in [2.45, 2.75) is 88.0 Å². The number of aliphatic hydroxyl groups is 1. The van der Waals surface area contributed by atoms with Crippen LogP contribution in [0.2, 0.25) is 0 Å². The number of aliphatic hydroxyl groups excluding tert-OH is 1. The number of carboxylic acids is 1. The van der Waals surface area contributed by atoms with Crippen molar-refractivity contribution in [1.82, 2.24) is 9.80 Å². The van der Waals surface area contributed by atoms with E-state index in [0.29, 0.717) is 19.3 Å². The molecule has 8 nitrogen and oxygen atoms in total. The lowest BCUT2D eigenvalue weighted by Crippen LogP contribution is -2.63. The van der Waals surface area contributed by atoms with Gasteiger partial charge >= 0.3 is 5.97 Å². The van der Waals surface area contributed by atoms with Crippen LogP contribution < -0.4 is 0 Å². The summed E-state index contributed by atoms with van der Waals surface area (Å²) in [5.41, 5.74) is -1.09. The summed E-state index contributed by atoms with van der Waals surface area (Å²) in [5, 5.41) is 20.8. The van der Waals surface area contributed by atoms with Gasteiger partial charge in [0.1, 0.15) is 11.6 Å². The van der Waals surface area contributed by atoms with Crippen LogP contribution in [0.3, 0.4) is 0 Å². The quantitative estimate of drug-likeness (QED) is 0.312. The summed E-state index contributed by atoms with van der Waals surface area (Å²) in [4.78, 5) is 44.3. The average Bonchev–Trinajstić information content (AvgIpc) is 3.43. The third kappa shape index (κ3) is 5.18. The predicted octanol–water partition coefficient (Wildman–Crippen LogP) is 3.65. The molecular formula is C30H41BrN2O6. The first-order valence-corrected chi connectivity index (χ1v) is 14.5. The first kappa shape index (κ1) is 29.7. The molecule has 2 bridgehead atoms.